The molecule has 0 saturated carbocycles. The average Bonchev–Trinajstić information content (AvgIpc) is 2.85. The molecule has 1 atom stereocenters. The van der Waals surface area contributed by atoms with Crippen molar-refractivity contribution in [1.29, 1.82) is 0 Å². The molecule has 0 amide bonds. The Balaban J connectivity index is 2.05. The van der Waals surface area contributed by atoms with Crippen molar-refractivity contribution in [3.05, 3.63) is 35.4 Å². The number of hydrogen-bond acceptors (Lipinski definition) is 3. The van der Waals surface area contributed by atoms with Gasteiger partial charge < -0.3 is 11.1 Å². The topological polar surface area (TPSA) is 50.4 Å². The van der Waals surface area contributed by atoms with Gasteiger partial charge in [-0.25, -0.2) is 0 Å². The number of aliphatic imine (C=N–C) groups is 1. The Hall–Kier alpha value is -1.77. The minimum Gasteiger partial charge on any atom is -0.398 e. The van der Waals surface area contributed by atoms with E-state index in [1.54, 1.807) is 0 Å². The molecule has 1 aromatic rings. The number of rotatable bonds is 1. The molecule has 3 nitrogen and oxygen atoms in total. The van der Waals surface area contributed by atoms with Crippen LogP contribution in [0.1, 0.15) is 17.0 Å². The predicted octanol–water partition coefficient (Wildman–Crippen LogP) is 1.38. The summed E-state index contributed by atoms with van der Waals surface area (Å²) >= 11 is 0. The van der Waals surface area contributed by atoms with E-state index >= 15 is 0 Å². The second-order valence-electron chi connectivity index (χ2n) is 3.88. The Labute approximate surface area is 88.7 Å². The molecule has 0 radical (unpaired) electrons. The highest BCUT2D eigenvalue weighted by molar-refractivity contribution is 5.96. The summed E-state index contributed by atoms with van der Waals surface area (Å²) in [6, 6.07) is 6.07. The Bertz CT molecular complexity index is 460. The van der Waals surface area contributed by atoms with Gasteiger partial charge >= 0.3 is 0 Å². The molecule has 3 rings (SSSR count). The number of amidine groups is 1. The Kier molecular flexibility index (Phi) is 1.78. The number of benzene rings is 1. The van der Waals surface area contributed by atoms with Crippen LogP contribution in [0.5, 0.6) is 0 Å². The van der Waals surface area contributed by atoms with Crippen LogP contribution in [-0.2, 0) is 0 Å². The Morgan fingerprint density at radius 1 is 1.40 bits per heavy atom. The first kappa shape index (κ1) is 8.53. The van der Waals surface area contributed by atoms with Gasteiger partial charge in [0.2, 0.25) is 0 Å². The smallest absolute Gasteiger partial charge is 0.108 e. The molecule has 0 saturated heterocycles. The van der Waals surface area contributed by atoms with Gasteiger partial charge in [-0.15, -0.1) is 0 Å². The van der Waals surface area contributed by atoms with Gasteiger partial charge in [0.05, 0.1) is 12.5 Å². The van der Waals surface area contributed by atoms with Crippen molar-refractivity contribution in [1.82, 2.24) is 5.32 Å². The normalized spacial score (nSPS) is 22.4. The number of nitrogens with one attached hydrogen (secondary N) is 1. The third-order valence-electron chi connectivity index (χ3n) is 2.96. The lowest BCUT2D eigenvalue weighted by Gasteiger charge is -2.12. The van der Waals surface area contributed by atoms with E-state index in [1.165, 1.54) is 5.56 Å². The molecule has 0 spiro atoms. The van der Waals surface area contributed by atoms with Crippen LogP contribution < -0.4 is 11.1 Å². The van der Waals surface area contributed by atoms with E-state index in [4.69, 9.17) is 5.73 Å². The highest BCUT2D eigenvalue weighted by Crippen LogP contribution is 2.34. The number of fused-ring (bicyclic) bond motifs is 1. The molecule has 1 unspecified atom stereocenters. The average molecular weight is 199 g/mol. The highest BCUT2D eigenvalue weighted by atomic mass is 15.1. The van der Waals surface area contributed by atoms with Crippen LogP contribution in [0.2, 0.25) is 0 Å². The maximum atomic E-state index is 5.92. The third kappa shape index (κ3) is 1.23. The molecule has 1 aromatic carbocycles. The van der Waals surface area contributed by atoms with E-state index < -0.39 is 0 Å². The molecule has 76 valence electrons. The van der Waals surface area contributed by atoms with Crippen LogP contribution >= 0.6 is 0 Å². The van der Waals surface area contributed by atoms with Crippen LogP contribution in [0, 0.1) is 0 Å². The predicted molar refractivity (Wildman–Crippen MR) is 62.9 cm³/mol. The number of nitrogens with zero attached hydrogens (tertiary/aromatic N) is 1. The SMILES string of the molecule is Nc1cccc2c1C=CC2C1=NCCN1. The van der Waals surface area contributed by atoms with E-state index in [2.05, 4.69) is 28.5 Å². The lowest BCUT2D eigenvalue weighted by Crippen LogP contribution is -2.23. The van der Waals surface area contributed by atoms with Crippen molar-refractivity contribution in [3.8, 4) is 0 Å². The maximum absolute atomic E-state index is 5.92. The van der Waals surface area contributed by atoms with Crippen LogP contribution in [0.25, 0.3) is 6.08 Å². The zero-order valence-corrected chi connectivity index (χ0v) is 8.40. The quantitative estimate of drug-likeness (QED) is 0.671. The van der Waals surface area contributed by atoms with Crippen LogP contribution in [-0.4, -0.2) is 18.9 Å². The van der Waals surface area contributed by atoms with Crippen molar-refractivity contribution in [2.75, 3.05) is 18.8 Å². The van der Waals surface area contributed by atoms with Gasteiger partial charge in [0.25, 0.3) is 0 Å². The maximum Gasteiger partial charge on any atom is 0.108 e. The summed E-state index contributed by atoms with van der Waals surface area (Å²) in [6.07, 6.45) is 4.26. The van der Waals surface area contributed by atoms with Gasteiger partial charge in [-0.2, -0.15) is 0 Å². The van der Waals surface area contributed by atoms with E-state index in [0.717, 1.165) is 30.2 Å². The molecule has 3 N–H and O–H groups in total. The number of nitrogen functional groups attached to an aromatic ring is 1. The zero-order valence-electron chi connectivity index (χ0n) is 8.40. The fourth-order valence-electron chi connectivity index (χ4n) is 2.22. The van der Waals surface area contributed by atoms with Crippen molar-refractivity contribution >= 4 is 17.6 Å². The number of hydrogen-bond donors (Lipinski definition) is 2. The largest absolute Gasteiger partial charge is 0.398 e. The van der Waals surface area contributed by atoms with E-state index in [0.29, 0.717) is 0 Å². The first-order valence-electron chi connectivity index (χ1n) is 5.21. The van der Waals surface area contributed by atoms with Gasteiger partial charge in [-0.1, -0.05) is 24.3 Å². The van der Waals surface area contributed by atoms with Gasteiger partial charge in [0.15, 0.2) is 0 Å². The highest BCUT2D eigenvalue weighted by Gasteiger charge is 2.24. The monoisotopic (exact) mass is 199 g/mol. The Morgan fingerprint density at radius 3 is 3.13 bits per heavy atom. The molecule has 0 bridgehead atoms. The van der Waals surface area contributed by atoms with E-state index in [-0.39, 0.29) is 5.92 Å². The van der Waals surface area contributed by atoms with Crippen LogP contribution in [0.15, 0.2) is 29.3 Å². The van der Waals surface area contributed by atoms with Gasteiger partial charge in [-0.05, 0) is 11.6 Å². The summed E-state index contributed by atoms with van der Waals surface area (Å²) in [6.45, 7) is 1.84. The Morgan fingerprint density at radius 2 is 2.33 bits per heavy atom. The minimum atomic E-state index is 0.283. The molecule has 15 heavy (non-hydrogen) atoms. The minimum absolute atomic E-state index is 0.283. The molecular formula is C12H13N3. The molecule has 3 heteroatoms. The summed E-state index contributed by atoms with van der Waals surface area (Å²) in [5, 5.41) is 3.32. The van der Waals surface area contributed by atoms with Gasteiger partial charge in [0.1, 0.15) is 5.84 Å². The number of nitrogens with two attached hydrogens (primary N) is 1. The van der Waals surface area contributed by atoms with Gasteiger partial charge in [0, 0.05) is 17.8 Å². The van der Waals surface area contributed by atoms with Crippen LogP contribution in [0.4, 0.5) is 5.69 Å². The lowest BCUT2D eigenvalue weighted by atomic mass is 9.99. The third-order valence-corrected chi connectivity index (χ3v) is 2.96. The van der Waals surface area contributed by atoms with Crippen molar-refractivity contribution < 1.29 is 0 Å². The molecule has 2 aliphatic rings. The summed E-state index contributed by atoms with van der Waals surface area (Å²) in [7, 11) is 0. The van der Waals surface area contributed by atoms with E-state index in [1.807, 2.05) is 12.1 Å². The summed E-state index contributed by atoms with van der Waals surface area (Å²) < 4.78 is 0. The molecule has 0 fully saturated rings. The van der Waals surface area contributed by atoms with Crippen LogP contribution in [0.3, 0.4) is 0 Å². The standard InChI is InChI=1S/C12H13N3/c13-11-3-1-2-8-9(11)4-5-10(8)12-14-6-7-15-12/h1-5,10H,6-7,13H2,(H,14,15). The first-order valence-corrected chi connectivity index (χ1v) is 5.21. The van der Waals surface area contributed by atoms with Gasteiger partial charge in [-0.3, -0.25) is 4.99 Å². The summed E-state index contributed by atoms with van der Waals surface area (Å²) in [5.41, 5.74) is 9.19. The fourth-order valence-corrected chi connectivity index (χ4v) is 2.22. The second kappa shape index (κ2) is 3.12. The molecule has 0 aromatic heterocycles. The van der Waals surface area contributed by atoms with Crippen molar-refractivity contribution in [2.24, 2.45) is 4.99 Å². The van der Waals surface area contributed by atoms with Crippen molar-refractivity contribution in [2.45, 2.75) is 5.92 Å². The first-order chi connectivity index (χ1) is 7.36. The molecule has 1 heterocycles. The fraction of sp³-hybridized carbons (Fsp3) is 0.250. The zero-order chi connectivity index (χ0) is 10.3. The second-order valence-corrected chi connectivity index (χ2v) is 3.88. The summed E-state index contributed by atoms with van der Waals surface area (Å²) in [5.74, 6) is 1.36. The molecule has 1 aliphatic heterocycles. The molecular weight excluding hydrogens is 186 g/mol. The lowest BCUT2D eigenvalue weighted by molar-refractivity contribution is 0.944. The van der Waals surface area contributed by atoms with E-state index in [9.17, 15) is 0 Å². The number of anilines is 1. The van der Waals surface area contributed by atoms with Crippen molar-refractivity contribution in [3.63, 3.8) is 0 Å². The summed E-state index contributed by atoms with van der Waals surface area (Å²) in [4.78, 5) is 4.46. The molecule has 1 aliphatic carbocycles.